The van der Waals surface area contributed by atoms with E-state index in [0.29, 0.717) is 5.56 Å². The Morgan fingerprint density at radius 3 is 2.70 bits per heavy atom. The molecule has 0 fully saturated rings. The average molecular weight is 279 g/mol. The fourth-order valence-corrected chi connectivity index (χ4v) is 2.05. The van der Waals surface area contributed by atoms with E-state index in [9.17, 15) is 14.3 Å². The molecule has 1 atom stereocenters. The molecular weight excluding hydrogens is 257 g/mol. The maximum Gasteiger partial charge on any atom is 0.244 e. The number of hydrogen-bond acceptors (Lipinski definition) is 2. The highest BCUT2D eigenvalue weighted by molar-refractivity contribution is 5.91. The molecular formula is C16H22FNO2. The summed E-state index contributed by atoms with van der Waals surface area (Å²) in [6.45, 7) is 4.27. The molecule has 0 saturated heterocycles. The summed E-state index contributed by atoms with van der Waals surface area (Å²) in [6.07, 6.45) is 4.12. The van der Waals surface area contributed by atoms with E-state index in [0.717, 1.165) is 12.8 Å². The molecule has 1 aromatic carbocycles. The minimum absolute atomic E-state index is 0.197. The molecule has 20 heavy (non-hydrogen) atoms. The van der Waals surface area contributed by atoms with Crippen LogP contribution in [0.3, 0.4) is 0 Å². The topological polar surface area (TPSA) is 49.3 Å². The van der Waals surface area contributed by atoms with Crippen LogP contribution in [0.4, 0.5) is 4.39 Å². The van der Waals surface area contributed by atoms with E-state index in [1.54, 1.807) is 18.2 Å². The average Bonchev–Trinajstić information content (AvgIpc) is 2.44. The van der Waals surface area contributed by atoms with E-state index in [-0.39, 0.29) is 24.2 Å². The summed E-state index contributed by atoms with van der Waals surface area (Å²) in [4.78, 5) is 11.6. The van der Waals surface area contributed by atoms with Gasteiger partial charge in [0.05, 0.1) is 6.10 Å². The fourth-order valence-electron chi connectivity index (χ4n) is 2.05. The summed E-state index contributed by atoms with van der Waals surface area (Å²) >= 11 is 0. The van der Waals surface area contributed by atoms with Crippen molar-refractivity contribution in [3.05, 3.63) is 41.7 Å². The fraction of sp³-hybridized carbons (Fsp3) is 0.438. The van der Waals surface area contributed by atoms with Crippen molar-refractivity contribution in [2.45, 2.75) is 32.8 Å². The number of carbonyl (C=O) groups excluding carboxylic acids is 1. The number of nitrogens with one attached hydrogen (secondary N) is 1. The van der Waals surface area contributed by atoms with Crippen molar-refractivity contribution in [1.29, 1.82) is 0 Å². The number of hydrogen-bond donors (Lipinski definition) is 2. The van der Waals surface area contributed by atoms with Crippen LogP contribution in [0, 0.1) is 11.7 Å². The van der Waals surface area contributed by atoms with Gasteiger partial charge in [-0.05, 0) is 29.7 Å². The Bertz CT molecular complexity index is 456. The molecule has 0 heterocycles. The van der Waals surface area contributed by atoms with Crippen LogP contribution in [0.15, 0.2) is 30.3 Å². The van der Waals surface area contributed by atoms with E-state index in [2.05, 4.69) is 5.32 Å². The molecule has 110 valence electrons. The summed E-state index contributed by atoms with van der Waals surface area (Å²) in [7, 11) is 0. The monoisotopic (exact) mass is 279 g/mol. The number of aliphatic hydroxyl groups is 1. The van der Waals surface area contributed by atoms with Crippen LogP contribution >= 0.6 is 0 Å². The predicted molar refractivity (Wildman–Crippen MR) is 78.5 cm³/mol. The molecule has 0 aliphatic rings. The van der Waals surface area contributed by atoms with Gasteiger partial charge in [-0.2, -0.15) is 0 Å². The third-order valence-corrected chi connectivity index (χ3v) is 3.35. The molecule has 4 heteroatoms. The summed E-state index contributed by atoms with van der Waals surface area (Å²) in [5.41, 5.74) is 0.626. The highest BCUT2D eigenvalue weighted by atomic mass is 19.1. The molecule has 1 rings (SSSR count). The molecule has 0 radical (unpaired) electrons. The number of carbonyl (C=O) groups is 1. The van der Waals surface area contributed by atoms with Gasteiger partial charge in [0.2, 0.25) is 5.91 Å². The maximum atomic E-state index is 12.9. The number of amides is 1. The van der Waals surface area contributed by atoms with E-state index in [1.165, 1.54) is 18.2 Å². The van der Waals surface area contributed by atoms with Crippen molar-refractivity contribution in [2.24, 2.45) is 5.92 Å². The van der Waals surface area contributed by atoms with E-state index >= 15 is 0 Å². The van der Waals surface area contributed by atoms with Gasteiger partial charge in [0.1, 0.15) is 5.82 Å². The quantitative estimate of drug-likeness (QED) is 0.754. The van der Waals surface area contributed by atoms with Gasteiger partial charge in [-0.3, -0.25) is 4.79 Å². The molecule has 0 spiro atoms. The molecule has 2 N–H and O–H groups in total. The van der Waals surface area contributed by atoms with Gasteiger partial charge in [-0.1, -0.05) is 38.8 Å². The molecule has 1 unspecified atom stereocenters. The lowest BCUT2D eigenvalue weighted by Gasteiger charge is -2.19. The third-order valence-electron chi connectivity index (χ3n) is 3.35. The minimum Gasteiger partial charge on any atom is -0.391 e. The third kappa shape index (κ3) is 5.53. The zero-order chi connectivity index (χ0) is 15.0. The van der Waals surface area contributed by atoms with Crippen LogP contribution in [-0.4, -0.2) is 23.7 Å². The Balaban J connectivity index is 2.44. The minimum atomic E-state index is -0.531. The van der Waals surface area contributed by atoms with E-state index in [1.807, 2.05) is 13.8 Å². The second kappa shape index (κ2) is 8.48. The van der Waals surface area contributed by atoms with Gasteiger partial charge in [0.15, 0.2) is 0 Å². The van der Waals surface area contributed by atoms with Crippen molar-refractivity contribution >= 4 is 12.0 Å². The van der Waals surface area contributed by atoms with Gasteiger partial charge in [0, 0.05) is 12.6 Å². The molecule has 0 aliphatic heterocycles. The van der Waals surface area contributed by atoms with Crippen molar-refractivity contribution < 1.29 is 14.3 Å². The lowest BCUT2D eigenvalue weighted by Crippen LogP contribution is -2.35. The van der Waals surface area contributed by atoms with Crippen LogP contribution in [0.25, 0.3) is 6.08 Å². The Kier molecular flexibility index (Phi) is 6.94. The van der Waals surface area contributed by atoms with Crippen LogP contribution in [0.2, 0.25) is 0 Å². The van der Waals surface area contributed by atoms with Gasteiger partial charge >= 0.3 is 0 Å². The summed E-state index contributed by atoms with van der Waals surface area (Å²) in [6, 6.07) is 6.00. The van der Waals surface area contributed by atoms with Crippen LogP contribution in [0.5, 0.6) is 0 Å². The Morgan fingerprint density at radius 1 is 1.40 bits per heavy atom. The predicted octanol–water partition coefficient (Wildman–Crippen LogP) is 2.75. The number of halogens is 1. The number of benzene rings is 1. The second-order valence-corrected chi connectivity index (χ2v) is 4.78. The van der Waals surface area contributed by atoms with Crippen molar-refractivity contribution in [3.8, 4) is 0 Å². The smallest absolute Gasteiger partial charge is 0.244 e. The van der Waals surface area contributed by atoms with E-state index in [4.69, 9.17) is 0 Å². The standard InChI is InChI=1S/C16H22FNO2/c1-3-13(4-2)15(19)11-18-16(20)9-8-12-6-5-7-14(17)10-12/h5-10,13,15,19H,3-4,11H2,1-2H3,(H,18,20)/b9-8+. The highest BCUT2D eigenvalue weighted by Gasteiger charge is 2.15. The summed E-state index contributed by atoms with van der Waals surface area (Å²) in [5.74, 6) is -0.432. The Morgan fingerprint density at radius 2 is 2.10 bits per heavy atom. The van der Waals surface area contributed by atoms with Gasteiger partial charge in [0.25, 0.3) is 0 Å². The van der Waals surface area contributed by atoms with Gasteiger partial charge in [-0.15, -0.1) is 0 Å². The lowest BCUT2D eigenvalue weighted by molar-refractivity contribution is -0.117. The molecule has 0 bridgehead atoms. The molecule has 1 aromatic rings. The normalized spacial score (nSPS) is 12.8. The van der Waals surface area contributed by atoms with Crippen LogP contribution in [-0.2, 0) is 4.79 Å². The highest BCUT2D eigenvalue weighted by Crippen LogP contribution is 2.12. The van der Waals surface area contributed by atoms with Crippen LogP contribution < -0.4 is 5.32 Å². The van der Waals surface area contributed by atoms with Gasteiger partial charge in [-0.25, -0.2) is 4.39 Å². The molecule has 0 aromatic heterocycles. The first kappa shape index (κ1) is 16.4. The van der Waals surface area contributed by atoms with E-state index < -0.39 is 6.10 Å². The second-order valence-electron chi connectivity index (χ2n) is 4.78. The van der Waals surface area contributed by atoms with Crippen molar-refractivity contribution in [1.82, 2.24) is 5.32 Å². The molecule has 0 saturated carbocycles. The lowest BCUT2D eigenvalue weighted by atomic mass is 9.96. The molecule has 3 nitrogen and oxygen atoms in total. The van der Waals surface area contributed by atoms with Gasteiger partial charge < -0.3 is 10.4 Å². The molecule has 1 amide bonds. The van der Waals surface area contributed by atoms with Crippen molar-refractivity contribution in [2.75, 3.05) is 6.54 Å². The zero-order valence-corrected chi connectivity index (χ0v) is 12.0. The Hall–Kier alpha value is -1.68. The largest absolute Gasteiger partial charge is 0.391 e. The summed E-state index contributed by atoms with van der Waals surface area (Å²) < 4.78 is 12.9. The molecule has 0 aliphatic carbocycles. The zero-order valence-electron chi connectivity index (χ0n) is 12.0. The van der Waals surface area contributed by atoms with Crippen molar-refractivity contribution in [3.63, 3.8) is 0 Å². The summed E-state index contributed by atoms with van der Waals surface area (Å²) in [5, 5.41) is 12.5. The number of aliphatic hydroxyl groups excluding tert-OH is 1. The first-order chi connectivity index (χ1) is 9.56. The Labute approximate surface area is 119 Å². The number of rotatable bonds is 7. The SMILES string of the molecule is CCC(CC)C(O)CNC(=O)/C=C/c1cccc(F)c1. The maximum absolute atomic E-state index is 12.9. The van der Waals surface area contributed by atoms with Crippen LogP contribution in [0.1, 0.15) is 32.3 Å². The first-order valence-electron chi connectivity index (χ1n) is 6.96. The first-order valence-corrected chi connectivity index (χ1v) is 6.96.